The van der Waals surface area contributed by atoms with Gasteiger partial charge in [-0.05, 0) is 83.5 Å². The Kier molecular flexibility index (Phi) is 6.08. The zero-order valence-electron chi connectivity index (χ0n) is 14.8. The van der Waals surface area contributed by atoms with Gasteiger partial charge in [-0.25, -0.2) is 9.79 Å². The van der Waals surface area contributed by atoms with Crippen LogP contribution in [0.3, 0.4) is 0 Å². The maximum atomic E-state index is 12.2. The van der Waals surface area contributed by atoms with Crippen molar-refractivity contribution in [2.75, 3.05) is 6.61 Å². The summed E-state index contributed by atoms with van der Waals surface area (Å²) < 4.78 is 12.2. The number of esters is 1. The zero-order valence-corrected chi connectivity index (χ0v) is 16.9. The number of carbonyl (C=O) groups is 1. The number of aryl methyl sites for hydroxylation is 1. The lowest BCUT2D eigenvalue weighted by molar-refractivity contribution is -0.129. The van der Waals surface area contributed by atoms with E-state index in [-0.39, 0.29) is 0 Å². The molecular weight excluding hydrogens is 441 g/mol. The number of aliphatic imine (C=N–C) groups is 1. The Morgan fingerprint density at radius 2 is 2.08 bits per heavy atom. The molecule has 0 saturated heterocycles. The molecule has 0 unspecified atom stereocenters. The molecule has 1 aliphatic heterocycles. The molecule has 0 N–H and O–H groups in total. The lowest BCUT2D eigenvalue weighted by Crippen LogP contribution is -2.05. The van der Waals surface area contributed by atoms with E-state index in [4.69, 9.17) is 9.47 Å². The molecule has 4 nitrogen and oxygen atoms in total. The Morgan fingerprint density at radius 3 is 2.85 bits per heavy atom. The van der Waals surface area contributed by atoms with Crippen molar-refractivity contribution in [2.45, 2.75) is 26.7 Å². The van der Waals surface area contributed by atoms with E-state index >= 15 is 0 Å². The summed E-state index contributed by atoms with van der Waals surface area (Å²) >= 11 is 2.27. The van der Waals surface area contributed by atoms with Crippen LogP contribution in [0.2, 0.25) is 0 Å². The Morgan fingerprint density at radius 1 is 1.23 bits per heavy atom. The smallest absolute Gasteiger partial charge is 0.363 e. The molecule has 0 atom stereocenters. The van der Waals surface area contributed by atoms with E-state index in [2.05, 4.69) is 34.5 Å². The minimum Gasteiger partial charge on any atom is -0.494 e. The van der Waals surface area contributed by atoms with Crippen LogP contribution in [0.15, 0.2) is 53.2 Å². The van der Waals surface area contributed by atoms with Gasteiger partial charge >= 0.3 is 5.97 Å². The Balaban J connectivity index is 1.82. The first kappa shape index (κ1) is 18.6. The molecule has 0 aliphatic carbocycles. The van der Waals surface area contributed by atoms with E-state index in [1.54, 1.807) is 6.08 Å². The van der Waals surface area contributed by atoms with Gasteiger partial charge in [-0.2, -0.15) is 0 Å². The number of carbonyl (C=O) groups excluding carboxylic acids is 1. The maximum Gasteiger partial charge on any atom is 0.363 e. The van der Waals surface area contributed by atoms with Gasteiger partial charge in [0.25, 0.3) is 0 Å². The highest BCUT2D eigenvalue weighted by Gasteiger charge is 2.24. The monoisotopic (exact) mass is 461 g/mol. The number of ether oxygens (including phenoxy) is 2. The van der Waals surface area contributed by atoms with Crippen molar-refractivity contribution in [3.05, 3.63) is 68.4 Å². The SMILES string of the molecule is CCCCOc1cccc(/C=C2\N=C(c3ccc(I)c(C)c3)OC2=O)c1. The summed E-state index contributed by atoms with van der Waals surface area (Å²) in [5.41, 5.74) is 3.07. The first-order valence-corrected chi connectivity index (χ1v) is 9.66. The van der Waals surface area contributed by atoms with Crippen molar-refractivity contribution in [3.8, 4) is 5.75 Å². The fraction of sp³-hybridized carbons (Fsp3) is 0.238. The van der Waals surface area contributed by atoms with Gasteiger partial charge in [0.15, 0.2) is 5.70 Å². The molecule has 5 heteroatoms. The first-order valence-electron chi connectivity index (χ1n) is 8.59. The van der Waals surface area contributed by atoms with Crippen molar-refractivity contribution in [1.82, 2.24) is 0 Å². The van der Waals surface area contributed by atoms with E-state index < -0.39 is 5.97 Å². The van der Waals surface area contributed by atoms with E-state index in [0.29, 0.717) is 18.2 Å². The molecule has 0 spiro atoms. The van der Waals surface area contributed by atoms with E-state index in [9.17, 15) is 4.79 Å². The van der Waals surface area contributed by atoms with Crippen LogP contribution in [0, 0.1) is 10.5 Å². The second kappa shape index (κ2) is 8.49. The van der Waals surface area contributed by atoms with Gasteiger partial charge in [-0.3, -0.25) is 0 Å². The molecule has 0 saturated carbocycles. The molecule has 0 radical (unpaired) electrons. The summed E-state index contributed by atoms with van der Waals surface area (Å²) in [5.74, 6) is 0.696. The highest BCUT2D eigenvalue weighted by molar-refractivity contribution is 14.1. The van der Waals surface area contributed by atoms with Gasteiger partial charge in [0.2, 0.25) is 5.90 Å². The van der Waals surface area contributed by atoms with E-state index in [1.807, 2.05) is 49.4 Å². The van der Waals surface area contributed by atoms with Crippen molar-refractivity contribution in [1.29, 1.82) is 0 Å². The van der Waals surface area contributed by atoms with E-state index in [0.717, 1.165) is 38.9 Å². The van der Waals surface area contributed by atoms with Crippen LogP contribution in [-0.4, -0.2) is 18.5 Å². The Bertz CT molecular complexity index is 887. The van der Waals surface area contributed by atoms with Gasteiger partial charge in [-0.15, -0.1) is 0 Å². The largest absolute Gasteiger partial charge is 0.494 e. The average molecular weight is 461 g/mol. The van der Waals surface area contributed by atoms with Gasteiger partial charge in [0.1, 0.15) is 5.75 Å². The summed E-state index contributed by atoms with van der Waals surface area (Å²) in [6.07, 6.45) is 3.83. The molecule has 3 rings (SSSR count). The van der Waals surface area contributed by atoms with Crippen LogP contribution >= 0.6 is 22.6 Å². The van der Waals surface area contributed by atoms with Crippen LogP contribution in [0.5, 0.6) is 5.75 Å². The number of rotatable bonds is 6. The van der Waals surface area contributed by atoms with Crippen molar-refractivity contribution < 1.29 is 14.3 Å². The van der Waals surface area contributed by atoms with Crippen LogP contribution < -0.4 is 4.74 Å². The fourth-order valence-corrected chi connectivity index (χ4v) is 2.83. The third-order valence-electron chi connectivity index (χ3n) is 3.95. The summed E-state index contributed by atoms with van der Waals surface area (Å²) in [6, 6.07) is 13.5. The lowest BCUT2D eigenvalue weighted by Gasteiger charge is -2.05. The molecule has 0 aromatic heterocycles. The predicted molar refractivity (Wildman–Crippen MR) is 111 cm³/mol. The molecule has 0 amide bonds. The summed E-state index contributed by atoms with van der Waals surface area (Å²) in [4.78, 5) is 16.5. The number of hydrogen-bond acceptors (Lipinski definition) is 4. The summed E-state index contributed by atoms with van der Waals surface area (Å²) in [5, 5.41) is 0. The number of cyclic esters (lactones) is 1. The second-order valence-electron chi connectivity index (χ2n) is 6.07. The normalized spacial score (nSPS) is 15.1. The maximum absolute atomic E-state index is 12.2. The Labute approximate surface area is 167 Å². The van der Waals surface area contributed by atoms with Crippen LogP contribution in [0.25, 0.3) is 6.08 Å². The topological polar surface area (TPSA) is 47.9 Å². The molecule has 134 valence electrons. The highest BCUT2D eigenvalue weighted by Crippen LogP contribution is 2.23. The predicted octanol–water partition coefficient (Wildman–Crippen LogP) is 5.12. The third-order valence-corrected chi connectivity index (χ3v) is 5.16. The molecule has 1 aliphatic rings. The van der Waals surface area contributed by atoms with Crippen molar-refractivity contribution in [3.63, 3.8) is 0 Å². The molecule has 0 fully saturated rings. The van der Waals surface area contributed by atoms with Gasteiger partial charge in [-0.1, -0.05) is 25.5 Å². The molecular formula is C21H20INO3. The molecule has 0 bridgehead atoms. The third kappa shape index (κ3) is 4.52. The molecule has 26 heavy (non-hydrogen) atoms. The zero-order chi connectivity index (χ0) is 18.5. The summed E-state index contributed by atoms with van der Waals surface area (Å²) in [7, 11) is 0. The Hall–Kier alpha value is -2.15. The summed E-state index contributed by atoms with van der Waals surface area (Å²) in [6.45, 7) is 4.83. The number of nitrogens with zero attached hydrogens (tertiary/aromatic N) is 1. The highest BCUT2D eigenvalue weighted by atomic mass is 127. The van der Waals surface area contributed by atoms with Crippen LogP contribution in [0.4, 0.5) is 0 Å². The second-order valence-corrected chi connectivity index (χ2v) is 7.24. The quantitative estimate of drug-likeness (QED) is 0.260. The standard InChI is InChI=1S/C21H20INO3/c1-3-4-10-25-17-7-5-6-15(12-17)13-19-21(24)26-20(23-19)16-8-9-18(22)14(2)11-16/h5-9,11-13H,3-4,10H2,1-2H3/b19-13-. The molecule has 1 heterocycles. The van der Waals surface area contributed by atoms with Crippen molar-refractivity contribution in [2.24, 2.45) is 4.99 Å². The molecule has 2 aromatic carbocycles. The van der Waals surface area contributed by atoms with Gasteiger partial charge in [0.05, 0.1) is 6.61 Å². The van der Waals surface area contributed by atoms with E-state index in [1.165, 1.54) is 0 Å². The van der Waals surface area contributed by atoms with Crippen LogP contribution in [0.1, 0.15) is 36.5 Å². The first-order chi connectivity index (χ1) is 12.6. The number of unbranched alkanes of at least 4 members (excludes halogenated alkanes) is 1. The number of halogens is 1. The fourth-order valence-electron chi connectivity index (χ4n) is 2.50. The number of hydrogen-bond donors (Lipinski definition) is 0. The van der Waals surface area contributed by atoms with Gasteiger partial charge in [0, 0.05) is 9.13 Å². The minimum atomic E-state index is -0.437. The average Bonchev–Trinajstić information content (AvgIpc) is 2.99. The minimum absolute atomic E-state index is 0.293. The lowest BCUT2D eigenvalue weighted by atomic mass is 10.1. The number of benzene rings is 2. The molecule has 2 aromatic rings. The van der Waals surface area contributed by atoms with Crippen LogP contribution in [-0.2, 0) is 9.53 Å². The van der Waals surface area contributed by atoms with Crippen molar-refractivity contribution >= 4 is 40.5 Å². The van der Waals surface area contributed by atoms with Gasteiger partial charge < -0.3 is 9.47 Å².